The molecule has 0 spiro atoms. The van der Waals surface area contributed by atoms with Gasteiger partial charge < -0.3 is 5.32 Å². The molecule has 1 fully saturated rings. The maximum atomic E-state index is 12.8. The van der Waals surface area contributed by atoms with Crippen molar-refractivity contribution in [3.05, 3.63) is 33.4 Å². The van der Waals surface area contributed by atoms with Crippen LogP contribution in [-0.2, 0) is 11.8 Å². The van der Waals surface area contributed by atoms with Crippen molar-refractivity contribution < 1.29 is 4.79 Å². The zero-order valence-corrected chi connectivity index (χ0v) is 15.5. The monoisotopic (exact) mass is 357 g/mol. The van der Waals surface area contributed by atoms with Crippen LogP contribution in [-0.4, -0.2) is 25.5 Å². The molecule has 2 aliphatic rings. The van der Waals surface area contributed by atoms with Gasteiger partial charge in [0.1, 0.15) is 5.82 Å². The first kappa shape index (κ1) is 17.1. The Kier molecular flexibility index (Phi) is 4.46. The fraction of sp³-hybridized carbons (Fsp3) is 0.632. The van der Waals surface area contributed by atoms with Crippen molar-refractivity contribution in [1.82, 2.24) is 19.6 Å². The molecule has 1 aliphatic carbocycles. The molecule has 2 N–H and O–H groups in total. The summed E-state index contributed by atoms with van der Waals surface area (Å²) in [6.45, 7) is 1.98. The largest absolute Gasteiger partial charge is 0.311 e. The van der Waals surface area contributed by atoms with Gasteiger partial charge in [-0.2, -0.15) is 5.10 Å². The molecule has 7 nitrogen and oxygen atoms in total. The Morgan fingerprint density at radius 2 is 1.81 bits per heavy atom. The molecule has 0 aromatic carbocycles. The molecule has 2 aromatic heterocycles. The molecule has 1 amide bonds. The number of hydrogen-bond acceptors (Lipinski definition) is 3. The second-order valence-corrected chi connectivity index (χ2v) is 7.69. The van der Waals surface area contributed by atoms with E-state index in [2.05, 4.69) is 15.5 Å². The minimum atomic E-state index is -0.231. The summed E-state index contributed by atoms with van der Waals surface area (Å²) in [5.41, 5.74) is 2.55. The minimum Gasteiger partial charge on any atom is -0.311 e. The van der Waals surface area contributed by atoms with Gasteiger partial charge in [0.15, 0.2) is 0 Å². The van der Waals surface area contributed by atoms with E-state index in [9.17, 15) is 9.59 Å². The smallest absolute Gasteiger partial charge is 0.270 e. The number of aryl methyl sites for hydroxylation is 1. The summed E-state index contributed by atoms with van der Waals surface area (Å²) in [6.07, 6.45) is 10.3. The molecule has 2 aromatic rings. The number of aromatic amines is 1. The average molecular weight is 357 g/mol. The molecule has 1 aliphatic heterocycles. The maximum absolute atomic E-state index is 12.8. The number of amides is 1. The van der Waals surface area contributed by atoms with E-state index in [1.807, 2.05) is 18.7 Å². The Balaban J connectivity index is 1.77. The third-order valence-electron chi connectivity index (χ3n) is 6.05. The zero-order valence-electron chi connectivity index (χ0n) is 15.5. The number of carbonyl (C=O) groups is 1. The van der Waals surface area contributed by atoms with E-state index >= 15 is 0 Å². The molecule has 1 unspecified atom stereocenters. The first-order chi connectivity index (χ1) is 12.6. The lowest BCUT2D eigenvalue weighted by Gasteiger charge is -2.27. The highest BCUT2D eigenvalue weighted by Gasteiger charge is 2.35. The van der Waals surface area contributed by atoms with Crippen molar-refractivity contribution in [3.63, 3.8) is 0 Å². The molecular weight excluding hydrogens is 330 g/mol. The van der Waals surface area contributed by atoms with E-state index in [1.54, 1.807) is 10.9 Å². The van der Waals surface area contributed by atoms with Gasteiger partial charge in [-0.1, -0.05) is 32.1 Å². The number of carbonyl (C=O) groups excluding carboxylic acids is 1. The number of fused-ring (bicyclic) bond motifs is 1. The van der Waals surface area contributed by atoms with Crippen LogP contribution in [0, 0.1) is 6.92 Å². The summed E-state index contributed by atoms with van der Waals surface area (Å²) in [4.78, 5) is 25.3. The number of aromatic nitrogens is 4. The fourth-order valence-corrected chi connectivity index (χ4v) is 4.47. The fourth-order valence-electron chi connectivity index (χ4n) is 4.47. The third-order valence-corrected chi connectivity index (χ3v) is 6.05. The third kappa shape index (κ3) is 2.89. The van der Waals surface area contributed by atoms with Gasteiger partial charge in [-0.3, -0.25) is 24.1 Å². The number of rotatable bonds is 2. The van der Waals surface area contributed by atoms with Crippen molar-refractivity contribution in [1.29, 1.82) is 0 Å². The topological polar surface area (TPSA) is 84.7 Å². The Hall–Kier alpha value is -2.31. The Bertz CT molecular complexity index is 867. The van der Waals surface area contributed by atoms with Crippen molar-refractivity contribution in [2.75, 3.05) is 5.32 Å². The number of anilines is 1. The van der Waals surface area contributed by atoms with Crippen LogP contribution in [0.15, 0.2) is 11.0 Å². The summed E-state index contributed by atoms with van der Waals surface area (Å²) in [5, 5.41) is 10.3. The van der Waals surface area contributed by atoms with Crippen LogP contribution < -0.4 is 10.9 Å². The van der Waals surface area contributed by atoms with Gasteiger partial charge in [-0.25, -0.2) is 0 Å². The van der Waals surface area contributed by atoms with Crippen molar-refractivity contribution >= 4 is 11.7 Å². The standard InChI is InChI=1S/C19H27N5O2/c1-12-15(11-20-23(12)2)14-10-16(25)21-18-17(14)19(26)22-24(18)13-8-6-4-3-5-7-9-13/h11,13-14H,3-10H2,1-2H3,(H,21,25)(H,22,26). The van der Waals surface area contributed by atoms with Crippen molar-refractivity contribution in [2.45, 2.75) is 70.3 Å². The van der Waals surface area contributed by atoms with Crippen molar-refractivity contribution in [3.8, 4) is 0 Å². The molecule has 4 rings (SSSR count). The Morgan fingerprint density at radius 1 is 1.12 bits per heavy atom. The van der Waals surface area contributed by atoms with Crippen LogP contribution in [0.5, 0.6) is 0 Å². The molecule has 26 heavy (non-hydrogen) atoms. The lowest BCUT2D eigenvalue weighted by atomic mass is 9.87. The van der Waals surface area contributed by atoms with E-state index in [-0.39, 0.29) is 29.8 Å². The highest BCUT2D eigenvalue weighted by Crippen LogP contribution is 2.38. The number of H-pyrrole nitrogens is 1. The van der Waals surface area contributed by atoms with Crippen LogP contribution >= 0.6 is 0 Å². The SMILES string of the molecule is Cc1c(C2CC(=O)Nc3c2c(=O)[nH]n3C2CCCCCCC2)cnn1C. The van der Waals surface area contributed by atoms with E-state index in [0.29, 0.717) is 11.4 Å². The van der Waals surface area contributed by atoms with Gasteiger partial charge in [-0.15, -0.1) is 0 Å². The first-order valence-corrected chi connectivity index (χ1v) is 9.69. The van der Waals surface area contributed by atoms with E-state index in [0.717, 1.165) is 24.1 Å². The van der Waals surface area contributed by atoms with Gasteiger partial charge >= 0.3 is 0 Å². The maximum Gasteiger partial charge on any atom is 0.270 e. The van der Waals surface area contributed by atoms with Crippen LogP contribution in [0.4, 0.5) is 5.82 Å². The summed E-state index contributed by atoms with van der Waals surface area (Å²) in [7, 11) is 1.88. The number of hydrogen-bond donors (Lipinski definition) is 2. The lowest BCUT2D eigenvalue weighted by molar-refractivity contribution is -0.116. The first-order valence-electron chi connectivity index (χ1n) is 9.69. The van der Waals surface area contributed by atoms with E-state index < -0.39 is 0 Å². The predicted octanol–water partition coefficient (Wildman–Crippen LogP) is 2.98. The molecule has 0 radical (unpaired) electrons. The summed E-state index contributed by atoms with van der Waals surface area (Å²) in [5.74, 6) is 0.403. The molecule has 140 valence electrons. The van der Waals surface area contributed by atoms with Crippen LogP contribution in [0.25, 0.3) is 0 Å². The zero-order chi connectivity index (χ0) is 18.3. The molecule has 3 heterocycles. The van der Waals surface area contributed by atoms with Crippen LogP contribution in [0.3, 0.4) is 0 Å². The van der Waals surface area contributed by atoms with E-state index in [4.69, 9.17) is 0 Å². The molecule has 1 atom stereocenters. The Labute approximate surface area is 152 Å². The van der Waals surface area contributed by atoms with E-state index in [1.165, 1.54) is 32.1 Å². The molecule has 0 saturated heterocycles. The second-order valence-electron chi connectivity index (χ2n) is 7.69. The predicted molar refractivity (Wildman–Crippen MR) is 99.4 cm³/mol. The summed E-state index contributed by atoms with van der Waals surface area (Å²) >= 11 is 0. The molecular formula is C19H27N5O2. The Morgan fingerprint density at radius 3 is 2.46 bits per heavy atom. The molecule has 0 bridgehead atoms. The average Bonchev–Trinajstić information content (AvgIpc) is 3.07. The number of nitrogens with one attached hydrogen (secondary N) is 2. The van der Waals surface area contributed by atoms with Gasteiger partial charge in [0, 0.05) is 30.6 Å². The minimum absolute atomic E-state index is 0.0376. The summed E-state index contributed by atoms with van der Waals surface area (Å²) in [6, 6.07) is 0.251. The number of nitrogens with zero attached hydrogens (tertiary/aromatic N) is 3. The summed E-state index contributed by atoms with van der Waals surface area (Å²) < 4.78 is 3.74. The molecule has 1 saturated carbocycles. The van der Waals surface area contributed by atoms with Gasteiger partial charge in [0.2, 0.25) is 5.91 Å². The highest BCUT2D eigenvalue weighted by atomic mass is 16.2. The van der Waals surface area contributed by atoms with Crippen LogP contribution in [0.2, 0.25) is 0 Å². The normalized spacial score (nSPS) is 21.8. The van der Waals surface area contributed by atoms with Gasteiger partial charge in [-0.05, 0) is 19.8 Å². The highest BCUT2D eigenvalue weighted by molar-refractivity contribution is 5.94. The van der Waals surface area contributed by atoms with Gasteiger partial charge in [0.05, 0.1) is 17.8 Å². The quantitative estimate of drug-likeness (QED) is 0.866. The second kappa shape index (κ2) is 6.78. The lowest BCUT2D eigenvalue weighted by Crippen LogP contribution is -2.27. The van der Waals surface area contributed by atoms with Crippen LogP contribution in [0.1, 0.15) is 80.1 Å². The van der Waals surface area contributed by atoms with Gasteiger partial charge in [0.25, 0.3) is 5.56 Å². The van der Waals surface area contributed by atoms with Crippen molar-refractivity contribution in [2.24, 2.45) is 7.05 Å². The molecule has 7 heteroatoms.